The van der Waals surface area contributed by atoms with Gasteiger partial charge in [0.25, 0.3) is 5.91 Å². The summed E-state index contributed by atoms with van der Waals surface area (Å²) in [5, 5.41) is 5.40. The number of carbonyl (C=O) groups is 1. The summed E-state index contributed by atoms with van der Waals surface area (Å²) in [6, 6.07) is 0. The number of nitrogens with two attached hydrogens (primary N) is 1. The Kier molecular flexibility index (Phi) is 4.04. The van der Waals surface area contributed by atoms with E-state index in [1.807, 2.05) is 0 Å². The predicted octanol–water partition coefficient (Wildman–Crippen LogP) is -0.0583. The molecule has 1 aromatic heterocycles. The van der Waals surface area contributed by atoms with Gasteiger partial charge in [-0.25, -0.2) is 8.42 Å². The highest BCUT2D eigenvalue weighted by Gasteiger charge is 2.36. The molecule has 0 aliphatic carbocycles. The highest BCUT2D eigenvalue weighted by molar-refractivity contribution is 8.01. The van der Waals surface area contributed by atoms with Crippen LogP contribution >= 0.6 is 11.8 Å². The molecule has 2 rings (SSSR count). The molecule has 3 N–H and O–H groups in total. The summed E-state index contributed by atoms with van der Waals surface area (Å²) in [6.07, 6.45) is 1.33. The molecule has 1 aromatic rings. The molecule has 0 radical (unpaired) electrons. The topological polar surface area (TPSA) is 109 Å². The number of hydrogen-bond acceptors (Lipinski definition) is 6. The van der Waals surface area contributed by atoms with Gasteiger partial charge >= 0.3 is 0 Å². The minimum absolute atomic E-state index is 0.0167. The van der Waals surface area contributed by atoms with Crippen molar-refractivity contribution in [1.82, 2.24) is 15.1 Å². The Morgan fingerprint density at radius 2 is 2.42 bits per heavy atom. The number of hydrogen-bond donors (Lipinski definition) is 2. The number of rotatable bonds is 3. The van der Waals surface area contributed by atoms with E-state index < -0.39 is 15.2 Å². The molecule has 106 valence electrons. The molecule has 0 aromatic carbocycles. The molecule has 1 aliphatic rings. The van der Waals surface area contributed by atoms with E-state index in [9.17, 15) is 13.2 Å². The molecule has 1 saturated heterocycles. The summed E-state index contributed by atoms with van der Waals surface area (Å²) < 4.78 is 24.1. The van der Waals surface area contributed by atoms with E-state index in [4.69, 9.17) is 5.73 Å². The van der Waals surface area contributed by atoms with Gasteiger partial charge in [0.2, 0.25) is 0 Å². The standard InChI is InChI=1S/C10H16N4O3S2/c1-2-19(16,17)8-6-18-4-3-14(8)10(15)7-5-12-13-9(7)11/h5,8H,2-4,6H2,1H3,(H3,11,12,13). The van der Waals surface area contributed by atoms with Gasteiger partial charge in [0.1, 0.15) is 16.8 Å². The van der Waals surface area contributed by atoms with Crippen LogP contribution in [0.4, 0.5) is 5.82 Å². The molecule has 1 atom stereocenters. The molecule has 1 fully saturated rings. The van der Waals surface area contributed by atoms with Gasteiger partial charge < -0.3 is 10.6 Å². The summed E-state index contributed by atoms with van der Waals surface area (Å²) >= 11 is 1.54. The molecule has 7 nitrogen and oxygen atoms in total. The number of carbonyl (C=O) groups excluding carboxylic acids is 1. The number of sulfone groups is 1. The van der Waals surface area contributed by atoms with Crippen molar-refractivity contribution in [2.45, 2.75) is 12.3 Å². The zero-order chi connectivity index (χ0) is 14.0. The number of nitrogens with zero attached hydrogens (tertiary/aromatic N) is 2. The maximum Gasteiger partial charge on any atom is 0.260 e. The van der Waals surface area contributed by atoms with Crippen molar-refractivity contribution in [1.29, 1.82) is 0 Å². The number of anilines is 1. The molecule has 1 unspecified atom stereocenters. The van der Waals surface area contributed by atoms with Gasteiger partial charge in [-0.3, -0.25) is 9.89 Å². The summed E-state index contributed by atoms with van der Waals surface area (Å²) in [7, 11) is -3.31. The van der Waals surface area contributed by atoms with E-state index in [0.717, 1.165) is 5.75 Å². The fourth-order valence-electron chi connectivity index (χ4n) is 1.92. The maximum absolute atomic E-state index is 12.4. The smallest absolute Gasteiger partial charge is 0.260 e. The zero-order valence-electron chi connectivity index (χ0n) is 10.5. The van der Waals surface area contributed by atoms with E-state index in [1.54, 1.807) is 18.7 Å². The average Bonchev–Trinajstić information content (AvgIpc) is 2.84. The molecule has 0 bridgehead atoms. The maximum atomic E-state index is 12.4. The van der Waals surface area contributed by atoms with Gasteiger partial charge in [-0.05, 0) is 0 Å². The summed E-state index contributed by atoms with van der Waals surface area (Å²) in [4.78, 5) is 13.8. The van der Waals surface area contributed by atoms with Crippen molar-refractivity contribution < 1.29 is 13.2 Å². The van der Waals surface area contributed by atoms with Crippen LogP contribution in [-0.2, 0) is 9.84 Å². The SMILES string of the molecule is CCS(=O)(=O)C1CSCCN1C(=O)c1cn[nH]c1N. The lowest BCUT2D eigenvalue weighted by molar-refractivity contribution is 0.0750. The normalized spacial score (nSPS) is 20.5. The summed E-state index contributed by atoms with van der Waals surface area (Å²) in [5.74, 6) is 0.923. The van der Waals surface area contributed by atoms with Crippen LogP contribution in [0.5, 0.6) is 0 Å². The van der Waals surface area contributed by atoms with Gasteiger partial charge in [-0.2, -0.15) is 16.9 Å². The number of aromatic amines is 1. The fourth-order valence-corrected chi connectivity index (χ4v) is 4.89. The first kappa shape index (κ1) is 14.2. The number of nitrogens with one attached hydrogen (secondary N) is 1. The van der Waals surface area contributed by atoms with Crippen molar-refractivity contribution in [3.63, 3.8) is 0 Å². The number of amides is 1. The average molecular weight is 304 g/mol. The highest BCUT2D eigenvalue weighted by Crippen LogP contribution is 2.24. The van der Waals surface area contributed by atoms with Gasteiger partial charge in [0.05, 0.1) is 6.20 Å². The quantitative estimate of drug-likeness (QED) is 0.810. The third-order valence-electron chi connectivity index (χ3n) is 3.06. The largest absolute Gasteiger partial charge is 0.383 e. The lowest BCUT2D eigenvalue weighted by atomic mass is 10.3. The van der Waals surface area contributed by atoms with Crippen LogP contribution < -0.4 is 5.73 Å². The van der Waals surface area contributed by atoms with E-state index in [-0.39, 0.29) is 23.0 Å². The first-order valence-electron chi connectivity index (χ1n) is 5.86. The Morgan fingerprint density at radius 3 is 3.00 bits per heavy atom. The summed E-state index contributed by atoms with van der Waals surface area (Å²) in [6.45, 7) is 1.99. The number of thioether (sulfide) groups is 1. The monoisotopic (exact) mass is 304 g/mol. The lowest BCUT2D eigenvalue weighted by Crippen LogP contribution is -2.50. The van der Waals surface area contributed by atoms with Crippen molar-refractivity contribution >= 4 is 33.3 Å². The second-order valence-electron chi connectivity index (χ2n) is 4.18. The molecule has 1 aliphatic heterocycles. The third kappa shape index (κ3) is 2.71. The van der Waals surface area contributed by atoms with Crippen LogP contribution in [0.15, 0.2) is 6.20 Å². The Bertz CT molecular complexity index is 569. The first-order chi connectivity index (χ1) is 8.97. The summed E-state index contributed by atoms with van der Waals surface area (Å²) in [5.41, 5.74) is 5.84. The van der Waals surface area contributed by atoms with Gasteiger partial charge in [-0.1, -0.05) is 6.92 Å². The Balaban J connectivity index is 2.31. The molecule has 2 heterocycles. The minimum atomic E-state index is -3.31. The van der Waals surface area contributed by atoms with E-state index in [1.165, 1.54) is 11.1 Å². The van der Waals surface area contributed by atoms with Crippen molar-refractivity contribution in [2.75, 3.05) is 29.5 Å². The van der Waals surface area contributed by atoms with E-state index >= 15 is 0 Å². The van der Waals surface area contributed by atoms with Crippen molar-refractivity contribution in [3.05, 3.63) is 11.8 Å². The zero-order valence-corrected chi connectivity index (χ0v) is 12.1. The highest BCUT2D eigenvalue weighted by atomic mass is 32.2. The Labute approximate surface area is 115 Å². The number of nitrogen functional groups attached to an aromatic ring is 1. The molecule has 1 amide bonds. The molecular weight excluding hydrogens is 288 g/mol. The van der Waals surface area contributed by atoms with E-state index in [2.05, 4.69) is 10.2 Å². The number of aromatic nitrogens is 2. The van der Waals surface area contributed by atoms with Crippen LogP contribution in [0, 0.1) is 0 Å². The van der Waals surface area contributed by atoms with Gasteiger partial charge in [0.15, 0.2) is 9.84 Å². The second-order valence-corrected chi connectivity index (χ2v) is 7.77. The van der Waals surface area contributed by atoms with Crippen molar-refractivity contribution in [2.24, 2.45) is 0 Å². The second kappa shape index (κ2) is 5.41. The van der Waals surface area contributed by atoms with Gasteiger partial charge in [-0.15, -0.1) is 0 Å². The molecule has 0 spiro atoms. The first-order valence-corrected chi connectivity index (χ1v) is 8.73. The van der Waals surface area contributed by atoms with Crippen LogP contribution in [0.3, 0.4) is 0 Å². The van der Waals surface area contributed by atoms with E-state index in [0.29, 0.717) is 12.3 Å². The van der Waals surface area contributed by atoms with Crippen molar-refractivity contribution in [3.8, 4) is 0 Å². The Hall–Kier alpha value is -1.22. The van der Waals surface area contributed by atoms with Crippen LogP contribution in [0.2, 0.25) is 0 Å². The van der Waals surface area contributed by atoms with Crippen LogP contribution in [0.25, 0.3) is 0 Å². The van der Waals surface area contributed by atoms with Crippen LogP contribution in [-0.4, -0.2) is 58.6 Å². The number of H-pyrrole nitrogens is 1. The van der Waals surface area contributed by atoms with Gasteiger partial charge in [0, 0.05) is 23.8 Å². The molecule has 19 heavy (non-hydrogen) atoms. The molecule has 9 heteroatoms. The Morgan fingerprint density at radius 1 is 1.68 bits per heavy atom. The van der Waals surface area contributed by atoms with Crippen LogP contribution in [0.1, 0.15) is 17.3 Å². The molecule has 0 saturated carbocycles. The molecular formula is C10H16N4O3S2. The third-order valence-corrected chi connectivity index (χ3v) is 6.35. The fraction of sp³-hybridized carbons (Fsp3) is 0.600. The minimum Gasteiger partial charge on any atom is -0.383 e. The predicted molar refractivity (Wildman–Crippen MR) is 74.6 cm³/mol. The lowest BCUT2D eigenvalue weighted by Gasteiger charge is -2.34.